The largest absolute Gasteiger partial charge is 0.490 e. The van der Waals surface area contributed by atoms with Gasteiger partial charge in [0.25, 0.3) is 0 Å². The van der Waals surface area contributed by atoms with Gasteiger partial charge in [0.1, 0.15) is 19.0 Å². The molecule has 1 unspecified atom stereocenters. The van der Waals surface area contributed by atoms with Gasteiger partial charge in [-0.25, -0.2) is 0 Å². The smallest absolute Gasteiger partial charge is 0.224 e. The van der Waals surface area contributed by atoms with Crippen LogP contribution in [0.5, 0.6) is 11.5 Å². The molecule has 5 nitrogen and oxygen atoms in total. The van der Waals surface area contributed by atoms with Crippen molar-refractivity contribution in [3.05, 3.63) is 91.4 Å². The number of nitrogens with one attached hydrogen (secondary N) is 1. The second-order valence-electron chi connectivity index (χ2n) is 7.97. The molecule has 0 spiro atoms. The average molecular weight is 556 g/mol. The zero-order valence-electron chi connectivity index (χ0n) is 19.1. The Morgan fingerprint density at radius 3 is 2.26 bits per heavy atom. The number of hydrogen-bond donors (Lipinski definition) is 2. The van der Waals surface area contributed by atoms with Gasteiger partial charge in [0.15, 0.2) is 5.75 Å². The minimum atomic E-state index is -0.378. The Hall–Kier alpha value is -2.15. The van der Waals surface area contributed by atoms with Crippen LogP contribution in [0.4, 0.5) is 0 Å². The maximum Gasteiger partial charge on any atom is 0.224 e. The van der Waals surface area contributed by atoms with E-state index in [0.717, 1.165) is 16.7 Å². The van der Waals surface area contributed by atoms with Crippen molar-refractivity contribution >= 4 is 52.3 Å². The molecule has 0 saturated heterocycles. The summed E-state index contributed by atoms with van der Waals surface area (Å²) in [7, 11) is 0. The van der Waals surface area contributed by atoms with Crippen LogP contribution in [0.2, 0.25) is 20.1 Å². The van der Waals surface area contributed by atoms with Crippen LogP contribution in [0.3, 0.4) is 0 Å². The predicted octanol–water partition coefficient (Wildman–Crippen LogP) is 6.50. The Bertz CT molecular complexity index is 1130. The molecule has 0 aliphatic carbocycles. The Morgan fingerprint density at radius 1 is 0.943 bits per heavy atom. The molecule has 0 aliphatic rings. The summed E-state index contributed by atoms with van der Waals surface area (Å²) in [6.07, 6.45) is 0.499. The second-order valence-corrected chi connectivity index (χ2v) is 9.57. The number of aryl methyl sites for hydroxylation is 1. The highest BCUT2D eigenvalue weighted by atomic mass is 35.5. The van der Waals surface area contributed by atoms with Crippen LogP contribution in [0.15, 0.2) is 54.6 Å². The van der Waals surface area contributed by atoms with E-state index in [1.807, 2.05) is 37.3 Å². The van der Waals surface area contributed by atoms with E-state index in [2.05, 4.69) is 5.32 Å². The lowest BCUT2D eigenvalue weighted by Crippen LogP contribution is -2.36. The highest BCUT2D eigenvalue weighted by molar-refractivity contribution is 6.42. The SMILES string of the molecule is Cc1cc(Cl)c(OCCOc2ccc(CC(CN)C(=O)NCc3cccc(Cl)c3Cl)cc2)c(Cl)c1. The molecule has 1 atom stereocenters. The van der Waals surface area contributed by atoms with Gasteiger partial charge in [0.05, 0.1) is 26.0 Å². The van der Waals surface area contributed by atoms with Crippen molar-refractivity contribution in [2.75, 3.05) is 19.8 Å². The van der Waals surface area contributed by atoms with Crippen LogP contribution in [-0.2, 0) is 17.8 Å². The lowest BCUT2D eigenvalue weighted by atomic mass is 9.98. The van der Waals surface area contributed by atoms with Crippen molar-refractivity contribution in [3.63, 3.8) is 0 Å². The lowest BCUT2D eigenvalue weighted by Gasteiger charge is -2.16. The van der Waals surface area contributed by atoms with E-state index in [-0.39, 0.29) is 31.5 Å². The summed E-state index contributed by atoms with van der Waals surface area (Å²) in [5, 5.41) is 4.71. The first-order chi connectivity index (χ1) is 16.8. The third-order valence-electron chi connectivity index (χ3n) is 5.29. The fourth-order valence-electron chi connectivity index (χ4n) is 3.43. The molecule has 0 fully saturated rings. The molecule has 3 N–H and O–H groups in total. The molecule has 0 saturated carbocycles. The summed E-state index contributed by atoms with van der Waals surface area (Å²) < 4.78 is 11.4. The van der Waals surface area contributed by atoms with Crippen LogP contribution < -0.4 is 20.5 Å². The standard InChI is InChI=1S/C26H26Cl4N2O3/c1-16-11-22(28)25(23(29)12-16)35-10-9-34-20-7-5-17(6-8-20)13-19(14-31)26(33)32-15-18-3-2-4-21(27)24(18)30/h2-8,11-12,19H,9-10,13-15,31H2,1H3,(H,32,33). The summed E-state index contributed by atoms with van der Waals surface area (Å²) in [4.78, 5) is 12.6. The van der Waals surface area contributed by atoms with Crippen LogP contribution in [0, 0.1) is 12.8 Å². The van der Waals surface area contributed by atoms with E-state index < -0.39 is 0 Å². The minimum Gasteiger partial charge on any atom is -0.490 e. The van der Waals surface area contributed by atoms with Gasteiger partial charge in [0, 0.05) is 13.1 Å². The Labute approximate surface area is 225 Å². The number of rotatable bonds is 11. The molecule has 35 heavy (non-hydrogen) atoms. The molecule has 0 aliphatic heterocycles. The average Bonchev–Trinajstić information content (AvgIpc) is 2.83. The molecule has 1 amide bonds. The van der Waals surface area contributed by atoms with E-state index in [4.69, 9.17) is 61.6 Å². The third kappa shape index (κ3) is 7.92. The number of amides is 1. The summed E-state index contributed by atoms with van der Waals surface area (Å²) in [5.74, 6) is 0.607. The monoisotopic (exact) mass is 554 g/mol. The van der Waals surface area contributed by atoms with Crippen molar-refractivity contribution < 1.29 is 14.3 Å². The third-order valence-corrected chi connectivity index (χ3v) is 6.71. The molecule has 3 rings (SSSR count). The van der Waals surface area contributed by atoms with Crippen molar-refractivity contribution in [1.82, 2.24) is 5.32 Å². The fraction of sp³-hybridized carbons (Fsp3) is 0.269. The van der Waals surface area contributed by atoms with E-state index in [9.17, 15) is 4.79 Å². The van der Waals surface area contributed by atoms with E-state index in [0.29, 0.717) is 44.6 Å². The highest BCUT2D eigenvalue weighted by Crippen LogP contribution is 2.34. The molecule has 0 heterocycles. The first-order valence-corrected chi connectivity index (χ1v) is 12.5. The number of hydrogen-bond acceptors (Lipinski definition) is 4. The number of carbonyl (C=O) groups is 1. The summed E-state index contributed by atoms with van der Waals surface area (Å²) in [6.45, 7) is 3.01. The first kappa shape index (κ1) is 27.4. The summed E-state index contributed by atoms with van der Waals surface area (Å²) >= 11 is 24.6. The first-order valence-electron chi connectivity index (χ1n) is 11.0. The number of ether oxygens (including phenoxy) is 2. The van der Waals surface area contributed by atoms with Crippen molar-refractivity contribution in [2.45, 2.75) is 19.9 Å². The molecule has 0 aromatic heterocycles. The van der Waals surface area contributed by atoms with Gasteiger partial charge in [-0.3, -0.25) is 4.79 Å². The van der Waals surface area contributed by atoms with Gasteiger partial charge in [0.2, 0.25) is 5.91 Å². The zero-order valence-corrected chi connectivity index (χ0v) is 22.1. The quantitative estimate of drug-likeness (QED) is 0.265. The summed E-state index contributed by atoms with van der Waals surface area (Å²) in [5.41, 5.74) is 8.55. The molecule has 3 aromatic carbocycles. The van der Waals surface area contributed by atoms with Gasteiger partial charge < -0.3 is 20.5 Å². The normalized spacial score (nSPS) is 11.7. The highest BCUT2D eigenvalue weighted by Gasteiger charge is 2.18. The van der Waals surface area contributed by atoms with E-state index in [1.54, 1.807) is 24.3 Å². The van der Waals surface area contributed by atoms with Gasteiger partial charge in [-0.05, 0) is 60.4 Å². The Kier molecular flexibility index (Phi) is 10.4. The fourth-order valence-corrected chi connectivity index (χ4v) is 4.52. The van der Waals surface area contributed by atoms with E-state index in [1.165, 1.54) is 0 Å². The predicted molar refractivity (Wildman–Crippen MR) is 143 cm³/mol. The van der Waals surface area contributed by atoms with Gasteiger partial charge in [-0.1, -0.05) is 70.7 Å². The molecule has 3 aromatic rings. The number of benzene rings is 3. The zero-order chi connectivity index (χ0) is 25.4. The number of nitrogens with two attached hydrogens (primary N) is 1. The van der Waals surface area contributed by atoms with Gasteiger partial charge >= 0.3 is 0 Å². The number of carbonyl (C=O) groups excluding carboxylic acids is 1. The molecular weight excluding hydrogens is 530 g/mol. The van der Waals surface area contributed by atoms with Crippen LogP contribution in [-0.4, -0.2) is 25.7 Å². The van der Waals surface area contributed by atoms with Gasteiger partial charge in [-0.15, -0.1) is 0 Å². The molecule has 186 valence electrons. The molecule has 0 radical (unpaired) electrons. The second kappa shape index (κ2) is 13.2. The maximum atomic E-state index is 12.6. The molecule has 9 heteroatoms. The van der Waals surface area contributed by atoms with Gasteiger partial charge in [-0.2, -0.15) is 0 Å². The van der Waals surface area contributed by atoms with Crippen molar-refractivity contribution in [3.8, 4) is 11.5 Å². The maximum absolute atomic E-state index is 12.6. The Morgan fingerprint density at radius 2 is 1.60 bits per heavy atom. The van der Waals surface area contributed by atoms with Crippen molar-refractivity contribution in [1.29, 1.82) is 0 Å². The molecule has 0 bridgehead atoms. The van der Waals surface area contributed by atoms with Crippen LogP contribution in [0.25, 0.3) is 0 Å². The minimum absolute atomic E-state index is 0.144. The lowest BCUT2D eigenvalue weighted by molar-refractivity contribution is -0.124. The van der Waals surface area contributed by atoms with Crippen LogP contribution in [0.1, 0.15) is 16.7 Å². The van der Waals surface area contributed by atoms with Crippen LogP contribution >= 0.6 is 46.4 Å². The Balaban J connectivity index is 1.47. The topological polar surface area (TPSA) is 73.6 Å². The van der Waals surface area contributed by atoms with E-state index >= 15 is 0 Å². The number of halogens is 4. The van der Waals surface area contributed by atoms with Crippen molar-refractivity contribution in [2.24, 2.45) is 11.7 Å². The molecular formula is C26H26Cl4N2O3. The summed E-state index contributed by atoms with van der Waals surface area (Å²) in [6, 6.07) is 16.4.